The van der Waals surface area contributed by atoms with Crippen LogP contribution in [-0.4, -0.2) is 58.4 Å². The summed E-state index contributed by atoms with van der Waals surface area (Å²) in [5.41, 5.74) is 1.68. The van der Waals surface area contributed by atoms with Crippen molar-refractivity contribution in [1.82, 2.24) is 16.0 Å². The zero-order valence-electron chi connectivity index (χ0n) is 17.3. The number of halogens is 1. The third kappa shape index (κ3) is 12.1. The van der Waals surface area contributed by atoms with Gasteiger partial charge in [-0.3, -0.25) is 9.79 Å². The molecule has 8 heteroatoms. The molecule has 1 aromatic carbocycles. The molecule has 0 unspecified atom stereocenters. The summed E-state index contributed by atoms with van der Waals surface area (Å²) in [6, 6.07) is 7.55. The summed E-state index contributed by atoms with van der Waals surface area (Å²) in [7, 11) is 1.73. The fourth-order valence-electron chi connectivity index (χ4n) is 2.30. The molecule has 28 heavy (non-hydrogen) atoms. The van der Waals surface area contributed by atoms with Crippen molar-refractivity contribution >= 4 is 35.8 Å². The first kappa shape index (κ1) is 26.6. The summed E-state index contributed by atoms with van der Waals surface area (Å²) in [6.07, 6.45) is 2.24. The number of aliphatic imine (C=N–C) groups is 1. The Morgan fingerprint density at radius 3 is 2.46 bits per heavy atom. The summed E-state index contributed by atoms with van der Waals surface area (Å²) in [5, 5.41) is 9.24. The van der Waals surface area contributed by atoms with Crippen LogP contribution in [0.25, 0.3) is 0 Å². The SMILES string of the molecule is CCCCOCCOCCNC(=NC)NCc1cccc(C(=O)NCC)c1.I. The number of hydrogen-bond donors (Lipinski definition) is 3. The zero-order chi connectivity index (χ0) is 19.7. The molecule has 0 bridgehead atoms. The van der Waals surface area contributed by atoms with Gasteiger partial charge in [-0.15, -0.1) is 24.0 Å². The molecule has 0 heterocycles. The Labute approximate surface area is 186 Å². The predicted molar refractivity (Wildman–Crippen MR) is 125 cm³/mol. The Morgan fingerprint density at radius 2 is 1.79 bits per heavy atom. The third-order valence-corrected chi connectivity index (χ3v) is 3.76. The van der Waals surface area contributed by atoms with Gasteiger partial charge < -0.3 is 25.4 Å². The molecule has 0 radical (unpaired) electrons. The number of amides is 1. The number of nitrogens with one attached hydrogen (secondary N) is 3. The van der Waals surface area contributed by atoms with Crippen LogP contribution in [-0.2, 0) is 16.0 Å². The zero-order valence-corrected chi connectivity index (χ0v) is 19.6. The highest BCUT2D eigenvalue weighted by molar-refractivity contribution is 14.0. The molecule has 1 rings (SSSR count). The van der Waals surface area contributed by atoms with Crippen LogP contribution < -0.4 is 16.0 Å². The Balaban J connectivity index is 0.00000729. The van der Waals surface area contributed by atoms with Gasteiger partial charge in [0.15, 0.2) is 5.96 Å². The summed E-state index contributed by atoms with van der Waals surface area (Å²) < 4.78 is 11.0. The fraction of sp³-hybridized carbons (Fsp3) is 0.600. The molecule has 7 nitrogen and oxygen atoms in total. The van der Waals surface area contributed by atoms with Crippen molar-refractivity contribution in [2.45, 2.75) is 33.2 Å². The summed E-state index contributed by atoms with van der Waals surface area (Å²) in [5.74, 6) is 0.638. The molecule has 0 saturated carbocycles. The van der Waals surface area contributed by atoms with Crippen molar-refractivity contribution < 1.29 is 14.3 Å². The molecule has 0 aliphatic rings. The number of guanidine groups is 1. The van der Waals surface area contributed by atoms with Gasteiger partial charge in [0.2, 0.25) is 0 Å². The molecule has 0 atom stereocenters. The number of hydrogen-bond acceptors (Lipinski definition) is 4. The van der Waals surface area contributed by atoms with Crippen LogP contribution in [0.4, 0.5) is 0 Å². The largest absolute Gasteiger partial charge is 0.379 e. The lowest BCUT2D eigenvalue weighted by Crippen LogP contribution is -2.38. The smallest absolute Gasteiger partial charge is 0.251 e. The molecule has 3 N–H and O–H groups in total. The number of nitrogens with zero attached hydrogens (tertiary/aromatic N) is 1. The monoisotopic (exact) mass is 506 g/mol. The predicted octanol–water partition coefficient (Wildman–Crippen LogP) is 2.55. The molecule has 160 valence electrons. The average molecular weight is 506 g/mol. The minimum absolute atomic E-state index is 0. The second-order valence-corrected chi connectivity index (χ2v) is 5.99. The van der Waals surface area contributed by atoms with E-state index in [1.54, 1.807) is 7.05 Å². The van der Waals surface area contributed by atoms with E-state index in [0.29, 0.717) is 51.0 Å². The van der Waals surface area contributed by atoms with E-state index in [1.807, 2.05) is 31.2 Å². The molecular formula is C20H35IN4O3. The van der Waals surface area contributed by atoms with E-state index < -0.39 is 0 Å². The van der Waals surface area contributed by atoms with Crippen LogP contribution in [0, 0.1) is 0 Å². The standard InChI is InChI=1S/C20H34N4O3.HI/c1-4-6-11-26-13-14-27-12-10-23-20(21-3)24-16-17-8-7-9-18(15-17)19(25)22-5-2;/h7-9,15H,4-6,10-14,16H2,1-3H3,(H,22,25)(H2,21,23,24);1H. The Hall–Kier alpha value is -1.39. The van der Waals surface area contributed by atoms with Gasteiger partial charge in [-0.05, 0) is 31.0 Å². The minimum atomic E-state index is -0.0577. The molecule has 1 aromatic rings. The summed E-state index contributed by atoms with van der Waals surface area (Å²) in [6.45, 7) is 8.53. The first-order valence-electron chi connectivity index (χ1n) is 9.68. The van der Waals surface area contributed by atoms with Crippen LogP contribution in [0.3, 0.4) is 0 Å². The summed E-state index contributed by atoms with van der Waals surface area (Å²) in [4.78, 5) is 16.1. The molecule has 0 aromatic heterocycles. The fourth-order valence-corrected chi connectivity index (χ4v) is 2.30. The van der Waals surface area contributed by atoms with Gasteiger partial charge in [-0.1, -0.05) is 25.5 Å². The number of carbonyl (C=O) groups is 1. The Bertz CT molecular complexity index is 570. The normalized spacial score (nSPS) is 10.9. The summed E-state index contributed by atoms with van der Waals surface area (Å²) >= 11 is 0. The molecule has 0 aliphatic carbocycles. The number of ether oxygens (including phenoxy) is 2. The van der Waals surface area contributed by atoms with E-state index in [2.05, 4.69) is 27.9 Å². The Morgan fingerprint density at radius 1 is 1.04 bits per heavy atom. The number of benzene rings is 1. The van der Waals surface area contributed by atoms with Crippen molar-refractivity contribution in [2.24, 2.45) is 4.99 Å². The van der Waals surface area contributed by atoms with Gasteiger partial charge in [0.1, 0.15) is 0 Å². The van der Waals surface area contributed by atoms with Crippen molar-refractivity contribution in [1.29, 1.82) is 0 Å². The minimum Gasteiger partial charge on any atom is -0.379 e. The van der Waals surface area contributed by atoms with Crippen LogP contribution in [0.1, 0.15) is 42.6 Å². The van der Waals surface area contributed by atoms with Crippen molar-refractivity contribution in [3.05, 3.63) is 35.4 Å². The van der Waals surface area contributed by atoms with E-state index in [0.717, 1.165) is 25.0 Å². The number of unbranched alkanes of at least 4 members (excludes halogenated alkanes) is 1. The Kier molecular flexibility index (Phi) is 16.8. The lowest BCUT2D eigenvalue weighted by molar-refractivity contribution is 0.0487. The van der Waals surface area contributed by atoms with Crippen LogP contribution in [0.2, 0.25) is 0 Å². The number of rotatable bonds is 13. The average Bonchev–Trinajstić information content (AvgIpc) is 2.69. The lowest BCUT2D eigenvalue weighted by atomic mass is 10.1. The van der Waals surface area contributed by atoms with Gasteiger partial charge in [-0.25, -0.2) is 0 Å². The van der Waals surface area contributed by atoms with Crippen molar-refractivity contribution in [3.8, 4) is 0 Å². The quantitative estimate of drug-likeness (QED) is 0.166. The maximum atomic E-state index is 11.9. The first-order chi connectivity index (χ1) is 13.2. The van der Waals surface area contributed by atoms with Gasteiger partial charge in [0.05, 0.1) is 19.8 Å². The molecular weight excluding hydrogens is 471 g/mol. The van der Waals surface area contributed by atoms with Crippen molar-refractivity contribution in [2.75, 3.05) is 46.6 Å². The lowest BCUT2D eigenvalue weighted by Gasteiger charge is -2.13. The first-order valence-corrected chi connectivity index (χ1v) is 9.68. The van der Waals surface area contributed by atoms with Crippen LogP contribution >= 0.6 is 24.0 Å². The van der Waals surface area contributed by atoms with Crippen LogP contribution in [0.5, 0.6) is 0 Å². The highest BCUT2D eigenvalue weighted by Gasteiger charge is 2.05. The molecule has 0 saturated heterocycles. The van der Waals surface area contributed by atoms with E-state index in [-0.39, 0.29) is 29.9 Å². The van der Waals surface area contributed by atoms with E-state index in [4.69, 9.17) is 9.47 Å². The highest BCUT2D eigenvalue weighted by Crippen LogP contribution is 2.05. The highest BCUT2D eigenvalue weighted by atomic mass is 127. The number of carbonyl (C=O) groups excluding carboxylic acids is 1. The molecule has 1 amide bonds. The second kappa shape index (κ2) is 17.7. The van der Waals surface area contributed by atoms with E-state index in [9.17, 15) is 4.79 Å². The van der Waals surface area contributed by atoms with Gasteiger partial charge in [-0.2, -0.15) is 0 Å². The van der Waals surface area contributed by atoms with Gasteiger partial charge >= 0.3 is 0 Å². The van der Waals surface area contributed by atoms with Crippen LogP contribution in [0.15, 0.2) is 29.3 Å². The maximum absolute atomic E-state index is 11.9. The molecule has 0 spiro atoms. The van der Waals surface area contributed by atoms with Gasteiger partial charge in [0, 0.05) is 38.9 Å². The third-order valence-electron chi connectivity index (χ3n) is 3.76. The topological polar surface area (TPSA) is 84.0 Å². The maximum Gasteiger partial charge on any atom is 0.251 e. The molecule has 0 fully saturated rings. The van der Waals surface area contributed by atoms with Gasteiger partial charge in [0.25, 0.3) is 5.91 Å². The van der Waals surface area contributed by atoms with Crippen molar-refractivity contribution in [3.63, 3.8) is 0 Å². The molecule has 0 aliphatic heterocycles. The second-order valence-electron chi connectivity index (χ2n) is 5.99. The van der Waals surface area contributed by atoms with E-state index >= 15 is 0 Å². The van der Waals surface area contributed by atoms with E-state index in [1.165, 1.54) is 0 Å².